The van der Waals surface area contributed by atoms with E-state index < -0.39 is 11.7 Å². The standard InChI is InChI=1S/C20H14ClN3O4/c1-11(25)10-23-20(27)18-19(26)17-14(15(9-22)24-18)3-2-4-16(17)28-13-7-5-12(21)6-8-13/h2-8,26H,10H2,1H3,(H,23,27). The summed E-state index contributed by atoms with van der Waals surface area (Å²) in [5.74, 6) is -0.793. The number of nitriles is 1. The molecule has 0 saturated carbocycles. The molecule has 0 saturated heterocycles. The number of aromatic nitrogens is 1. The highest BCUT2D eigenvalue weighted by Crippen LogP contribution is 2.38. The second-order valence-corrected chi connectivity index (χ2v) is 6.33. The molecule has 0 aliphatic carbocycles. The molecule has 0 unspecified atom stereocenters. The Morgan fingerprint density at radius 2 is 1.96 bits per heavy atom. The van der Waals surface area contributed by atoms with Crippen LogP contribution in [0.1, 0.15) is 23.1 Å². The maximum Gasteiger partial charge on any atom is 0.274 e. The lowest BCUT2D eigenvalue weighted by Crippen LogP contribution is -2.29. The van der Waals surface area contributed by atoms with Crippen molar-refractivity contribution in [2.24, 2.45) is 0 Å². The third-order valence-electron chi connectivity index (χ3n) is 3.83. The van der Waals surface area contributed by atoms with Crippen molar-refractivity contribution >= 4 is 34.1 Å². The fraction of sp³-hybridized carbons (Fsp3) is 0.100. The maximum absolute atomic E-state index is 12.3. The van der Waals surface area contributed by atoms with Crippen LogP contribution in [0.3, 0.4) is 0 Å². The fourth-order valence-electron chi connectivity index (χ4n) is 2.56. The van der Waals surface area contributed by atoms with Gasteiger partial charge >= 0.3 is 0 Å². The summed E-state index contributed by atoms with van der Waals surface area (Å²) >= 11 is 5.87. The Balaban J connectivity index is 2.14. The molecule has 140 valence electrons. The predicted octanol–water partition coefficient (Wildman–Crippen LogP) is 3.58. The molecule has 7 nitrogen and oxygen atoms in total. The number of carbonyl (C=O) groups excluding carboxylic acids is 2. The smallest absolute Gasteiger partial charge is 0.274 e. The van der Waals surface area contributed by atoms with Gasteiger partial charge in [-0.3, -0.25) is 9.59 Å². The molecule has 0 radical (unpaired) electrons. The minimum absolute atomic E-state index is 0.0534. The van der Waals surface area contributed by atoms with Crippen LogP contribution in [0.5, 0.6) is 17.2 Å². The quantitative estimate of drug-likeness (QED) is 0.682. The zero-order valence-corrected chi connectivity index (χ0v) is 15.4. The van der Waals surface area contributed by atoms with E-state index in [0.717, 1.165) is 0 Å². The van der Waals surface area contributed by atoms with E-state index in [1.807, 2.05) is 6.07 Å². The Morgan fingerprint density at radius 1 is 1.25 bits per heavy atom. The van der Waals surface area contributed by atoms with Gasteiger partial charge in [-0.2, -0.15) is 5.26 Å². The first kappa shape index (κ1) is 19.1. The fourth-order valence-corrected chi connectivity index (χ4v) is 2.69. The monoisotopic (exact) mass is 395 g/mol. The van der Waals surface area contributed by atoms with Gasteiger partial charge in [-0.25, -0.2) is 4.98 Å². The highest BCUT2D eigenvalue weighted by Gasteiger charge is 2.22. The number of rotatable bonds is 5. The van der Waals surface area contributed by atoms with Crippen molar-refractivity contribution in [3.05, 3.63) is 58.9 Å². The molecule has 2 N–H and O–H groups in total. The van der Waals surface area contributed by atoms with Gasteiger partial charge in [0, 0.05) is 10.4 Å². The predicted molar refractivity (Wildman–Crippen MR) is 103 cm³/mol. The Morgan fingerprint density at radius 3 is 2.61 bits per heavy atom. The van der Waals surface area contributed by atoms with Gasteiger partial charge in [0.2, 0.25) is 0 Å². The van der Waals surface area contributed by atoms with Crippen molar-refractivity contribution in [3.63, 3.8) is 0 Å². The summed E-state index contributed by atoms with van der Waals surface area (Å²) in [6.07, 6.45) is 0. The number of nitrogens with zero attached hydrogens (tertiary/aromatic N) is 2. The topological polar surface area (TPSA) is 112 Å². The summed E-state index contributed by atoms with van der Waals surface area (Å²) in [5.41, 5.74) is -0.417. The molecule has 3 aromatic rings. The summed E-state index contributed by atoms with van der Waals surface area (Å²) in [4.78, 5) is 27.4. The number of benzene rings is 2. The van der Waals surface area contributed by atoms with Crippen molar-refractivity contribution < 1.29 is 19.4 Å². The van der Waals surface area contributed by atoms with Crippen LogP contribution in [0.4, 0.5) is 0 Å². The molecule has 8 heteroatoms. The Labute approximate surface area is 165 Å². The summed E-state index contributed by atoms with van der Waals surface area (Å²) in [6.45, 7) is 1.09. The number of pyridine rings is 1. The first-order valence-electron chi connectivity index (χ1n) is 8.17. The molecule has 0 spiro atoms. The lowest BCUT2D eigenvalue weighted by molar-refractivity contribution is -0.116. The number of fused-ring (bicyclic) bond motifs is 1. The number of carbonyl (C=O) groups is 2. The first-order valence-corrected chi connectivity index (χ1v) is 8.55. The number of Topliss-reactive ketones (excluding diaryl/α,β-unsaturated/α-hetero) is 1. The SMILES string of the molecule is CC(=O)CNC(=O)c1nc(C#N)c2cccc(Oc3ccc(Cl)cc3)c2c1O. The normalized spacial score (nSPS) is 10.3. The van der Waals surface area contributed by atoms with E-state index in [0.29, 0.717) is 16.2 Å². The van der Waals surface area contributed by atoms with Crippen molar-refractivity contribution in [1.82, 2.24) is 10.3 Å². The first-order chi connectivity index (χ1) is 13.4. The number of hydrogen-bond donors (Lipinski definition) is 2. The molecule has 1 heterocycles. The number of hydrogen-bond acceptors (Lipinski definition) is 6. The summed E-state index contributed by atoms with van der Waals surface area (Å²) in [5, 5.41) is 23.5. The maximum atomic E-state index is 12.3. The largest absolute Gasteiger partial charge is 0.505 e. The molecule has 2 aromatic carbocycles. The van der Waals surface area contributed by atoms with Crippen molar-refractivity contribution in [2.45, 2.75) is 6.92 Å². The van der Waals surface area contributed by atoms with Crippen LogP contribution in [-0.4, -0.2) is 28.3 Å². The third kappa shape index (κ3) is 3.87. The Kier molecular flexibility index (Phi) is 5.43. The zero-order chi connectivity index (χ0) is 20.3. The van der Waals surface area contributed by atoms with Gasteiger partial charge < -0.3 is 15.2 Å². The van der Waals surface area contributed by atoms with Gasteiger partial charge in [0.15, 0.2) is 11.4 Å². The summed E-state index contributed by atoms with van der Waals surface area (Å²) in [6, 6.07) is 13.3. The minimum atomic E-state index is -0.771. The second-order valence-electron chi connectivity index (χ2n) is 5.89. The number of amides is 1. The average Bonchev–Trinajstić information content (AvgIpc) is 2.68. The van der Waals surface area contributed by atoms with E-state index in [2.05, 4.69) is 10.3 Å². The second kappa shape index (κ2) is 7.94. The van der Waals surface area contributed by atoms with Gasteiger partial charge in [0.25, 0.3) is 5.91 Å². The number of aromatic hydroxyl groups is 1. The van der Waals surface area contributed by atoms with Gasteiger partial charge in [-0.15, -0.1) is 0 Å². The summed E-state index contributed by atoms with van der Waals surface area (Å²) in [7, 11) is 0. The molecule has 0 aliphatic rings. The number of nitrogens with one attached hydrogen (secondary N) is 1. The van der Waals surface area contributed by atoms with Crippen molar-refractivity contribution in [2.75, 3.05) is 6.54 Å². The van der Waals surface area contributed by atoms with Crippen LogP contribution < -0.4 is 10.1 Å². The van der Waals surface area contributed by atoms with Crippen molar-refractivity contribution in [3.8, 4) is 23.3 Å². The van der Waals surface area contributed by atoms with Gasteiger partial charge in [-0.1, -0.05) is 23.7 Å². The van der Waals surface area contributed by atoms with Crippen LogP contribution in [0.15, 0.2) is 42.5 Å². The van der Waals surface area contributed by atoms with Crippen LogP contribution in [0.2, 0.25) is 5.02 Å². The van der Waals surface area contributed by atoms with Crippen LogP contribution in [-0.2, 0) is 4.79 Å². The van der Waals surface area contributed by atoms with Crippen LogP contribution in [0, 0.1) is 11.3 Å². The van der Waals surface area contributed by atoms with Crippen LogP contribution >= 0.6 is 11.6 Å². The zero-order valence-electron chi connectivity index (χ0n) is 14.7. The van der Waals surface area contributed by atoms with E-state index in [-0.39, 0.29) is 34.9 Å². The molecule has 0 bridgehead atoms. The average molecular weight is 396 g/mol. The Hall–Kier alpha value is -3.63. The minimum Gasteiger partial charge on any atom is -0.505 e. The van der Waals surface area contributed by atoms with E-state index in [1.165, 1.54) is 6.92 Å². The van der Waals surface area contributed by atoms with Crippen molar-refractivity contribution in [1.29, 1.82) is 5.26 Å². The number of ether oxygens (including phenoxy) is 1. The molecule has 0 atom stereocenters. The Bertz CT molecular complexity index is 1120. The molecule has 0 fully saturated rings. The number of ketones is 1. The molecular formula is C20H14ClN3O4. The highest BCUT2D eigenvalue weighted by atomic mass is 35.5. The van der Waals surface area contributed by atoms with E-state index >= 15 is 0 Å². The van der Waals surface area contributed by atoms with E-state index in [4.69, 9.17) is 16.3 Å². The molecule has 1 aromatic heterocycles. The number of halogens is 1. The molecule has 1 amide bonds. The summed E-state index contributed by atoms with van der Waals surface area (Å²) < 4.78 is 5.82. The molecule has 28 heavy (non-hydrogen) atoms. The molecule has 3 rings (SSSR count). The third-order valence-corrected chi connectivity index (χ3v) is 4.08. The van der Waals surface area contributed by atoms with Gasteiger partial charge in [0.1, 0.15) is 29.0 Å². The molecule has 0 aliphatic heterocycles. The van der Waals surface area contributed by atoms with Gasteiger partial charge in [-0.05, 0) is 37.3 Å². The van der Waals surface area contributed by atoms with Gasteiger partial charge in [0.05, 0.1) is 11.9 Å². The van der Waals surface area contributed by atoms with E-state index in [9.17, 15) is 20.0 Å². The molecular weight excluding hydrogens is 382 g/mol. The van der Waals surface area contributed by atoms with E-state index in [1.54, 1.807) is 42.5 Å². The lowest BCUT2D eigenvalue weighted by Gasteiger charge is -2.13. The van der Waals surface area contributed by atoms with Crippen LogP contribution in [0.25, 0.3) is 10.8 Å². The lowest BCUT2D eigenvalue weighted by atomic mass is 10.1. The highest BCUT2D eigenvalue weighted by molar-refractivity contribution is 6.30.